The Labute approximate surface area is 156 Å². The van der Waals surface area contributed by atoms with Crippen LogP contribution in [0.25, 0.3) is 0 Å². The Morgan fingerprint density at radius 3 is 2.38 bits per heavy atom. The Hall–Kier alpha value is -2.61. The number of aromatic carboxylic acids is 1. The molecule has 140 valence electrons. The molecule has 0 saturated heterocycles. The predicted octanol–water partition coefficient (Wildman–Crippen LogP) is 3.19. The molecule has 1 atom stereocenters. The van der Waals surface area contributed by atoms with Gasteiger partial charge in [0.25, 0.3) is 5.91 Å². The van der Waals surface area contributed by atoms with Gasteiger partial charge in [0.15, 0.2) is 6.61 Å². The number of amides is 1. The highest BCUT2D eigenvalue weighted by molar-refractivity contribution is 7.13. The van der Waals surface area contributed by atoms with E-state index < -0.39 is 12.0 Å². The van der Waals surface area contributed by atoms with Gasteiger partial charge in [-0.25, -0.2) is 9.78 Å². The highest BCUT2D eigenvalue weighted by atomic mass is 32.1. The van der Waals surface area contributed by atoms with E-state index in [1.165, 1.54) is 0 Å². The Balaban J connectivity index is 1.84. The molecule has 0 bridgehead atoms. The van der Waals surface area contributed by atoms with Crippen molar-refractivity contribution in [3.05, 3.63) is 39.8 Å². The third-order valence-electron chi connectivity index (χ3n) is 3.42. The number of hydrogen-bond donors (Lipinski definition) is 2. The van der Waals surface area contributed by atoms with E-state index in [9.17, 15) is 9.59 Å². The van der Waals surface area contributed by atoms with Crippen molar-refractivity contribution >= 4 is 23.2 Å². The number of hydrogen-bond acceptors (Lipinski definition) is 6. The van der Waals surface area contributed by atoms with Gasteiger partial charge < -0.3 is 19.9 Å². The number of nitrogens with zero attached hydrogens (tertiary/aromatic N) is 1. The summed E-state index contributed by atoms with van der Waals surface area (Å²) < 4.78 is 10.9. The van der Waals surface area contributed by atoms with E-state index in [4.69, 9.17) is 14.6 Å². The summed E-state index contributed by atoms with van der Waals surface area (Å²) >= 11 is 1.06. The maximum absolute atomic E-state index is 12.0. The molecular weight excluding hydrogens is 356 g/mol. The Bertz CT molecular complexity index is 757. The van der Waals surface area contributed by atoms with Crippen LogP contribution in [0.1, 0.15) is 46.7 Å². The number of thiazole rings is 1. The van der Waals surface area contributed by atoms with Crippen molar-refractivity contribution < 1.29 is 24.2 Å². The fourth-order valence-corrected chi connectivity index (χ4v) is 3.05. The van der Waals surface area contributed by atoms with Crippen molar-refractivity contribution in [2.75, 3.05) is 13.2 Å². The van der Waals surface area contributed by atoms with Crippen LogP contribution in [0.3, 0.4) is 0 Å². The SMILES string of the molecule is CCCOc1ccc(OCC(=O)NC(C)c2nc(C)c(C(=O)O)s2)cc1. The fourth-order valence-electron chi connectivity index (χ4n) is 2.15. The van der Waals surface area contributed by atoms with Crippen LogP contribution in [0.2, 0.25) is 0 Å². The summed E-state index contributed by atoms with van der Waals surface area (Å²) in [5.41, 5.74) is 0.445. The van der Waals surface area contributed by atoms with Gasteiger partial charge >= 0.3 is 5.97 Å². The van der Waals surface area contributed by atoms with E-state index in [1.807, 2.05) is 6.92 Å². The first-order chi connectivity index (χ1) is 12.4. The second-order valence-corrected chi connectivity index (χ2v) is 6.70. The molecule has 2 N–H and O–H groups in total. The zero-order chi connectivity index (χ0) is 19.1. The number of carboxylic acid groups (broad SMARTS) is 1. The van der Waals surface area contributed by atoms with Crippen molar-refractivity contribution in [3.63, 3.8) is 0 Å². The molecule has 0 fully saturated rings. The first-order valence-electron chi connectivity index (χ1n) is 8.26. The number of carboxylic acids is 1. The lowest BCUT2D eigenvalue weighted by molar-refractivity contribution is -0.123. The normalized spacial score (nSPS) is 11.7. The fraction of sp³-hybridized carbons (Fsp3) is 0.389. The van der Waals surface area contributed by atoms with Crippen LogP contribution in [0.15, 0.2) is 24.3 Å². The largest absolute Gasteiger partial charge is 0.494 e. The first kappa shape index (κ1) is 19.7. The van der Waals surface area contributed by atoms with Crippen LogP contribution in [-0.2, 0) is 4.79 Å². The highest BCUT2D eigenvalue weighted by Gasteiger charge is 2.19. The molecule has 1 amide bonds. The van der Waals surface area contributed by atoms with Gasteiger partial charge in [-0.05, 0) is 44.5 Å². The summed E-state index contributed by atoms with van der Waals surface area (Å²) in [5, 5.41) is 12.4. The molecular formula is C18H22N2O5S. The molecule has 1 aromatic heterocycles. The van der Waals surface area contributed by atoms with E-state index >= 15 is 0 Å². The number of aromatic nitrogens is 1. The number of carbonyl (C=O) groups excluding carboxylic acids is 1. The van der Waals surface area contributed by atoms with Crippen LogP contribution < -0.4 is 14.8 Å². The van der Waals surface area contributed by atoms with Gasteiger partial charge in [-0.15, -0.1) is 11.3 Å². The van der Waals surface area contributed by atoms with Crippen molar-refractivity contribution in [2.45, 2.75) is 33.2 Å². The van der Waals surface area contributed by atoms with E-state index in [0.29, 0.717) is 23.1 Å². The van der Waals surface area contributed by atoms with E-state index in [-0.39, 0.29) is 17.4 Å². The average molecular weight is 378 g/mol. The van der Waals surface area contributed by atoms with Crippen molar-refractivity contribution in [3.8, 4) is 11.5 Å². The first-order valence-corrected chi connectivity index (χ1v) is 9.08. The topological polar surface area (TPSA) is 97.8 Å². The van der Waals surface area contributed by atoms with Crippen LogP contribution >= 0.6 is 11.3 Å². The van der Waals surface area contributed by atoms with Crippen LogP contribution in [0.5, 0.6) is 11.5 Å². The molecule has 0 aliphatic carbocycles. The molecule has 1 unspecified atom stereocenters. The lowest BCUT2D eigenvalue weighted by Gasteiger charge is -2.12. The minimum Gasteiger partial charge on any atom is -0.494 e. The molecule has 0 spiro atoms. The second-order valence-electron chi connectivity index (χ2n) is 5.67. The lowest BCUT2D eigenvalue weighted by Crippen LogP contribution is -2.31. The summed E-state index contributed by atoms with van der Waals surface area (Å²) in [7, 11) is 0. The molecule has 1 heterocycles. The van der Waals surface area contributed by atoms with E-state index in [0.717, 1.165) is 23.5 Å². The smallest absolute Gasteiger partial charge is 0.347 e. The molecule has 0 aliphatic heterocycles. The maximum atomic E-state index is 12.0. The highest BCUT2D eigenvalue weighted by Crippen LogP contribution is 2.23. The molecule has 0 radical (unpaired) electrons. The lowest BCUT2D eigenvalue weighted by atomic mass is 10.3. The molecule has 0 aliphatic rings. The summed E-state index contributed by atoms with van der Waals surface area (Å²) in [6.45, 7) is 5.93. The average Bonchev–Trinajstić information content (AvgIpc) is 3.01. The second kappa shape index (κ2) is 9.19. The van der Waals surface area contributed by atoms with Crippen molar-refractivity contribution in [1.29, 1.82) is 0 Å². The number of ether oxygens (including phenoxy) is 2. The zero-order valence-electron chi connectivity index (χ0n) is 14.9. The third-order valence-corrected chi connectivity index (χ3v) is 4.75. The zero-order valence-corrected chi connectivity index (χ0v) is 15.8. The number of rotatable bonds is 9. The molecule has 26 heavy (non-hydrogen) atoms. The Kier molecular flexibility index (Phi) is 6.97. The van der Waals surface area contributed by atoms with Crippen LogP contribution in [0.4, 0.5) is 0 Å². The third kappa shape index (κ3) is 5.45. The van der Waals surface area contributed by atoms with Gasteiger partial charge in [0, 0.05) is 0 Å². The van der Waals surface area contributed by atoms with Gasteiger partial charge in [0.05, 0.1) is 18.3 Å². The molecule has 2 aromatic rings. The number of nitrogens with one attached hydrogen (secondary N) is 1. The van der Waals surface area contributed by atoms with E-state index in [2.05, 4.69) is 10.3 Å². The Morgan fingerprint density at radius 1 is 1.23 bits per heavy atom. The minimum atomic E-state index is -1.01. The summed E-state index contributed by atoms with van der Waals surface area (Å²) in [5.74, 6) is -0.00596. The maximum Gasteiger partial charge on any atom is 0.347 e. The molecule has 7 nitrogen and oxygen atoms in total. The summed E-state index contributed by atoms with van der Waals surface area (Å²) in [4.78, 5) is 27.5. The van der Waals surface area contributed by atoms with Gasteiger partial charge in [-0.2, -0.15) is 0 Å². The van der Waals surface area contributed by atoms with E-state index in [1.54, 1.807) is 38.1 Å². The van der Waals surface area contributed by atoms with Crippen LogP contribution in [0, 0.1) is 6.92 Å². The van der Waals surface area contributed by atoms with Crippen molar-refractivity contribution in [1.82, 2.24) is 10.3 Å². The van der Waals surface area contributed by atoms with Crippen LogP contribution in [-0.4, -0.2) is 35.2 Å². The number of carbonyl (C=O) groups is 2. The molecule has 1 aromatic carbocycles. The predicted molar refractivity (Wildman–Crippen MR) is 98.1 cm³/mol. The summed E-state index contributed by atoms with van der Waals surface area (Å²) in [6, 6.07) is 6.66. The quantitative estimate of drug-likeness (QED) is 0.695. The van der Waals surface area contributed by atoms with Gasteiger partial charge in [-0.1, -0.05) is 6.92 Å². The summed E-state index contributed by atoms with van der Waals surface area (Å²) in [6.07, 6.45) is 0.934. The standard InChI is InChI=1S/C18H22N2O5S/c1-4-9-24-13-5-7-14(8-6-13)25-10-15(21)19-12(3)17-20-11(2)16(26-17)18(22)23/h5-8,12H,4,9-10H2,1-3H3,(H,19,21)(H,22,23). The molecule has 0 saturated carbocycles. The van der Waals surface area contributed by atoms with Crippen molar-refractivity contribution in [2.24, 2.45) is 0 Å². The van der Waals surface area contributed by atoms with Gasteiger partial charge in [0.1, 0.15) is 21.4 Å². The Morgan fingerprint density at radius 2 is 1.85 bits per heavy atom. The molecule has 8 heteroatoms. The van der Waals surface area contributed by atoms with Gasteiger partial charge in [-0.3, -0.25) is 4.79 Å². The number of aryl methyl sites for hydroxylation is 1. The molecule has 2 rings (SSSR count). The van der Waals surface area contributed by atoms with Gasteiger partial charge in [0.2, 0.25) is 0 Å². The monoisotopic (exact) mass is 378 g/mol. The minimum absolute atomic E-state index is 0.143. The number of benzene rings is 1.